The van der Waals surface area contributed by atoms with E-state index in [2.05, 4.69) is 5.32 Å². The van der Waals surface area contributed by atoms with Gasteiger partial charge in [0.15, 0.2) is 6.10 Å². The van der Waals surface area contributed by atoms with E-state index in [1.807, 2.05) is 42.5 Å². The summed E-state index contributed by atoms with van der Waals surface area (Å²) >= 11 is 0. The molecule has 1 N–H and O–H groups in total. The molecule has 1 amide bonds. The van der Waals surface area contributed by atoms with Gasteiger partial charge in [-0.3, -0.25) is 4.79 Å². The first-order valence-corrected chi connectivity index (χ1v) is 9.67. The molecule has 0 bridgehead atoms. The molecule has 1 atom stereocenters. The van der Waals surface area contributed by atoms with E-state index in [-0.39, 0.29) is 5.91 Å². The van der Waals surface area contributed by atoms with Gasteiger partial charge in [-0.1, -0.05) is 30.3 Å². The van der Waals surface area contributed by atoms with Crippen molar-refractivity contribution in [3.05, 3.63) is 78.9 Å². The molecule has 1 unspecified atom stereocenters. The normalized spacial score (nSPS) is 11.3. The summed E-state index contributed by atoms with van der Waals surface area (Å²) in [7, 11) is 1.60. The smallest absolute Gasteiger partial charge is 0.265 e. The molecule has 30 heavy (non-hydrogen) atoms. The molecule has 3 aromatic rings. The maximum absolute atomic E-state index is 12.6. The molecule has 0 heterocycles. The third-order valence-corrected chi connectivity index (χ3v) is 4.24. The Balaban J connectivity index is 1.51. The second-order valence-electron chi connectivity index (χ2n) is 6.43. The van der Waals surface area contributed by atoms with Crippen LogP contribution in [0.4, 0.5) is 5.69 Å². The highest BCUT2D eigenvalue weighted by molar-refractivity contribution is 5.95. The van der Waals surface area contributed by atoms with E-state index in [4.69, 9.17) is 18.9 Å². The minimum Gasteiger partial charge on any atom is -0.497 e. The minimum atomic E-state index is -0.687. The van der Waals surface area contributed by atoms with Gasteiger partial charge in [-0.2, -0.15) is 0 Å². The van der Waals surface area contributed by atoms with E-state index >= 15 is 0 Å². The van der Waals surface area contributed by atoms with Crippen LogP contribution >= 0.6 is 0 Å². The van der Waals surface area contributed by atoms with Crippen LogP contribution in [0, 0.1) is 0 Å². The zero-order chi connectivity index (χ0) is 21.2. The summed E-state index contributed by atoms with van der Waals surface area (Å²) in [6.07, 6.45) is -0.687. The molecule has 0 aliphatic heterocycles. The Morgan fingerprint density at radius 1 is 0.800 bits per heavy atom. The Kier molecular flexibility index (Phi) is 7.55. The summed E-state index contributed by atoms with van der Waals surface area (Å²) in [6.45, 7) is 2.43. The molecule has 0 fully saturated rings. The first-order chi connectivity index (χ1) is 14.7. The van der Waals surface area contributed by atoms with Gasteiger partial charge in [0.05, 0.1) is 12.8 Å². The third kappa shape index (κ3) is 6.17. The highest BCUT2D eigenvalue weighted by atomic mass is 16.5. The van der Waals surface area contributed by atoms with Crippen molar-refractivity contribution in [2.75, 3.05) is 25.6 Å². The van der Waals surface area contributed by atoms with E-state index in [1.165, 1.54) is 0 Å². The Labute approximate surface area is 176 Å². The number of amides is 1. The number of rotatable bonds is 10. The molecule has 0 spiro atoms. The maximum Gasteiger partial charge on any atom is 0.265 e. The fraction of sp³-hybridized carbons (Fsp3) is 0.208. The quantitative estimate of drug-likeness (QED) is 0.499. The topological polar surface area (TPSA) is 66.0 Å². The minimum absolute atomic E-state index is 0.276. The van der Waals surface area contributed by atoms with Crippen LogP contribution in [-0.4, -0.2) is 32.3 Å². The predicted octanol–water partition coefficient (Wildman–Crippen LogP) is 4.56. The molecule has 6 heteroatoms. The summed E-state index contributed by atoms with van der Waals surface area (Å²) in [5, 5.41) is 2.86. The van der Waals surface area contributed by atoms with E-state index in [9.17, 15) is 4.79 Å². The summed E-state index contributed by atoms with van der Waals surface area (Å²) in [4.78, 5) is 12.6. The first-order valence-electron chi connectivity index (χ1n) is 9.67. The van der Waals surface area contributed by atoms with Crippen molar-refractivity contribution in [1.29, 1.82) is 0 Å². The Hall–Kier alpha value is -3.67. The van der Waals surface area contributed by atoms with Gasteiger partial charge in [0.25, 0.3) is 5.91 Å². The van der Waals surface area contributed by atoms with Gasteiger partial charge in [-0.05, 0) is 55.5 Å². The molecule has 0 saturated heterocycles. The van der Waals surface area contributed by atoms with Crippen molar-refractivity contribution in [3.63, 3.8) is 0 Å². The molecular weight excluding hydrogens is 382 g/mol. The van der Waals surface area contributed by atoms with Crippen LogP contribution in [0.3, 0.4) is 0 Å². The highest BCUT2D eigenvalue weighted by Crippen LogP contribution is 2.24. The molecule has 0 saturated carbocycles. The lowest BCUT2D eigenvalue weighted by molar-refractivity contribution is -0.122. The zero-order valence-electron chi connectivity index (χ0n) is 17.0. The molecule has 0 aromatic heterocycles. The summed E-state index contributed by atoms with van der Waals surface area (Å²) in [5.74, 6) is 2.39. The number of ether oxygens (including phenoxy) is 4. The lowest BCUT2D eigenvalue weighted by Gasteiger charge is -2.17. The number of carbonyl (C=O) groups excluding carboxylic acids is 1. The van der Waals surface area contributed by atoms with Crippen molar-refractivity contribution in [3.8, 4) is 23.0 Å². The van der Waals surface area contributed by atoms with Gasteiger partial charge in [-0.25, -0.2) is 0 Å². The van der Waals surface area contributed by atoms with Crippen LogP contribution in [0.25, 0.3) is 0 Å². The summed E-state index contributed by atoms with van der Waals surface area (Å²) in [6, 6.07) is 23.9. The molecule has 0 aliphatic rings. The predicted molar refractivity (Wildman–Crippen MR) is 116 cm³/mol. The number of hydrogen-bond donors (Lipinski definition) is 1. The number of para-hydroxylation sites is 3. The van der Waals surface area contributed by atoms with E-state index in [0.717, 1.165) is 11.5 Å². The van der Waals surface area contributed by atoms with E-state index < -0.39 is 6.10 Å². The number of nitrogens with one attached hydrogen (secondary N) is 1. The van der Waals surface area contributed by atoms with Crippen LogP contribution in [0.1, 0.15) is 6.92 Å². The Bertz CT molecular complexity index is 928. The van der Waals surface area contributed by atoms with Crippen molar-refractivity contribution in [2.24, 2.45) is 0 Å². The zero-order valence-corrected chi connectivity index (χ0v) is 17.0. The number of methoxy groups -OCH3 is 1. The fourth-order valence-corrected chi connectivity index (χ4v) is 2.67. The van der Waals surface area contributed by atoms with Gasteiger partial charge in [0.1, 0.15) is 36.2 Å². The first kappa shape index (κ1) is 21.0. The van der Waals surface area contributed by atoms with E-state index in [0.29, 0.717) is 30.4 Å². The lowest BCUT2D eigenvalue weighted by Crippen LogP contribution is -2.30. The van der Waals surface area contributed by atoms with Gasteiger partial charge >= 0.3 is 0 Å². The van der Waals surface area contributed by atoms with Crippen LogP contribution in [0.15, 0.2) is 78.9 Å². The SMILES string of the molecule is COc1ccc(OC(C)C(=O)Nc2ccccc2OCCOc2ccccc2)cc1. The van der Waals surface area contributed by atoms with Crippen LogP contribution in [0.2, 0.25) is 0 Å². The van der Waals surface area contributed by atoms with Gasteiger partial charge in [-0.15, -0.1) is 0 Å². The molecule has 156 valence electrons. The van der Waals surface area contributed by atoms with Crippen molar-refractivity contribution in [1.82, 2.24) is 0 Å². The molecule has 0 aliphatic carbocycles. The highest BCUT2D eigenvalue weighted by Gasteiger charge is 2.17. The monoisotopic (exact) mass is 407 g/mol. The average molecular weight is 407 g/mol. The largest absolute Gasteiger partial charge is 0.497 e. The number of hydrogen-bond acceptors (Lipinski definition) is 5. The second-order valence-corrected chi connectivity index (χ2v) is 6.43. The maximum atomic E-state index is 12.6. The number of benzene rings is 3. The fourth-order valence-electron chi connectivity index (χ4n) is 2.67. The number of carbonyl (C=O) groups is 1. The van der Waals surface area contributed by atoms with Gasteiger partial charge < -0.3 is 24.3 Å². The third-order valence-electron chi connectivity index (χ3n) is 4.24. The van der Waals surface area contributed by atoms with Gasteiger partial charge in [0.2, 0.25) is 0 Å². The number of anilines is 1. The lowest BCUT2D eigenvalue weighted by atomic mass is 10.2. The Morgan fingerprint density at radius 2 is 1.43 bits per heavy atom. The summed E-state index contributed by atoms with van der Waals surface area (Å²) < 4.78 is 22.2. The van der Waals surface area contributed by atoms with Gasteiger partial charge in [0, 0.05) is 0 Å². The van der Waals surface area contributed by atoms with Crippen molar-refractivity contribution < 1.29 is 23.7 Å². The van der Waals surface area contributed by atoms with Crippen molar-refractivity contribution >= 4 is 11.6 Å². The standard InChI is InChI=1S/C24H25NO5/c1-18(30-21-14-12-19(27-2)13-15-21)24(26)25-22-10-6-7-11-23(22)29-17-16-28-20-8-4-3-5-9-20/h3-15,18H,16-17H2,1-2H3,(H,25,26). The molecule has 3 aromatic carbocycles. The molecular formula is C24H25NO5. The Morgan fingerprint density at radius 3 is 2.17 bits per heavy atom. The van der Waals surface area contributed by atoms with Crippen LogP contribution in [0.5, 0.6) is 23.0 Å². The molecule has 3 rings (SSSR count). The summed E-state index contributed by atoms with van der Waals surface area (Å²) in [5.41, 5.74) is 0.576. The van der Waals surface area contributed by atoms with Crippen molar-refractivity contribution in [2.45, 2.75) is 13.0 Å². The average Bonchev–Trinajstić information content (AvgIpc) is 2.79. The van der Waals surface area contributed by atoms with Crippen LogP contribution in [-0.2, 0) is 4.79 Å². The molecule has 0 radical (unpaired) electrons. The van der Waals surface area contributed by atoms with E-state index in [1.54, 1.807) is 50.4 Å². The van der Waals surface area contributed by atoms with Crippen LogP contribution < -0.4 is 24.3 Å². The molecule has 6 nitrogen and oxygen atoms in total. The second kappa shape index (κ2) is 10.8.